The molecule has 0 radical (unpaired) electrons. The number of esters is 1. The summed E-state index contributed by atoms with van der Waals surface area (Å²) in [6.07, 6.45) is 5.33. The number of carbonyl (C=O) groups excluding carboxylic acids is 2. The monoisotopic (exact) mass is 292 g/mol. The summed E-state index contributed by atoms with van der Waals surface area (Å²) in [7, 11) is 1.37. The average molecular weight is 293 g/mol. The van der Waals surface area contributed by atoms with E-state index in [4.69, 9.17) is 10.5 Å². The molecule has 0 saturated heterocycles. The number of carbonyl (C=O) groups is 2. The molecule has 0 heterocycles. The summed E-state index contributed by atoms with van der Waals surface area (Å²) in [6.45, 7) is 1.87. The van der Waals surface area contributed by atoms with E-state index < -0.39 is 5.54 Å². The van der Waals surface area contributed by atoms with Gasteiger partial charge < -0.3 is 15.8 Å². The molecule has 3 N–H and O–H groups in total. The van der Waals surface area contributed by atoms with Gasteiger partial charge in [0.1, 0.15) is 5.54 Å². The Hall–Kier alpha value is -0.810. The first-order valence-corrected chi connectivity index (χ1v) is 6.65. The van der Waals surface area contributed by atoms with Gasteiger partial charge in [0.25, 0.3) is 0 Å². The molecular weight excluding hydrogens is 268 g/mol. The standard InChI is InChI=1S/C13H24N2O3.ClH/c1-10(14)6-7-11(16)15-13(12(17)18-2)8-4-3-5-9-13;/h10H,3-9,14H2,1-2H3,(H,15,16);1H. The molecule has 1 atom stereocenters. The molecule has 1 unspecified atom stereocenters. The minimum Gasteiger partial charge on any atom is -0.467 e. The van der Waals surface area contributed by atoms with Gasteiger partial charge in [-0.2, -0.15) is 0 Å². The molecule has 1 rings (SSSR count). The van der Waals surface area contributed by atoms with Crippen LogP contribution in [-0.4, -0.2) is 30.6 Å². The van der Waals surface area contributed by atoms with Crippen molar-refractivity contribution >= 4 is 24.3 Å². The van der Waals surface area contributed by atoms with Crippen LogP contribution in [-0.2, 0) is 14.3 Å². The summed E-state index contributed by atoms with van der Waals surface area (Å²) in [5.74, 6) is -0.434. The highest BCUT2D eigenvalue weighted by atomic mass is 35.5. The third-order valence-corrected chi connectivity index (χ3v) is 3.49. The number of hydrogen-bond donors (Lipinski definition) is 2. The molecular formula is C13H25ClN2O3. The topological polar surface area (TPSA) is 81.4 Å². The maximum Gasteiger partial charge on any atom is 0.331 e. The number of nitrogens with two attached hydrogens (primary N) is 1. The van der Waals surface area contributed by atoms with Gasteiger partial charge >= 0.3 is 5.97 Å². The Balaban J connectivity index is 0.00000324. The summed E-state index contributed by atoms with van der Waals surface area (Å²) < 4.78 is 4.84. The van der Waals surface area contributed by atoms with Crippen molar-refractivity contribution in [2.45, 2.75) is 63.5 Å². The van der Waals surface area contributed by atoms with Gasteiger partial charge in [-0.3, -0.25) is 4.79 Å². The van der Waals surface area contributed by atoms with Crippen LogP contribution in [0.5, 0.6) is 0 Å². The number of nitrogens with one attached hydrogen (secondary N) is 1. The number of halogens is 1. The normalized spacial score (nSPS) is 18.9. The lowest BCUT2D eigenvalue weighted by Gasteiger charge is -2.35. The molecule has 112 valence electrons. The van der Waals surface area contributed by atoms with Crippen molar-refractivity contribution in [2.24, 2.45) is 5.73 Å². The zero-order valence-electron chi connectivity index (χ0n) is 11.7. The second kappa shape index (κ2) is 8.38. The zero-order chi connectivity index (χ0) is 13.6. The minimum atomic E-state index is -0.804. The highest BCUT2D eigenvalue weighted by molar-refractivity contribution is 5.88. The third-order valence-electron chi connectivity index (χ3n) is 3.49. The van der Waals surface area contributed by atoms with Gasteiger partial charge in [0.2, 0.25) is 5.91 Å². The van der Waals surface area contributed by atoms with Crippen LogP contribution in [0.3, 0.4) is 0 Å². The Morgan fingerprint density at radius 3 is 2.37 bits per heavy atom. The average Bonchev–Trinajstić information content (AvgIpc) is 2.36. The van der Waals surface area contributed by atoms with Crippen LogP contribution in [0.15, 0.2) is 0 Å². The zero-order valence-corrected chi connectivity index (χ0v) is 12.6. The van der Waals surface area contributed by atoms with Crippen LogP contribution in [0.25, 0.3) is 0 Å². The summed E-state index contributed by atoms with van der Waals surface area (Å²) in [4.78, 5) is 23.8. The van der Waals surface area contributed by atoms with Gasteiger partial charge in [-0.05, 0) is 26.2 Å². The van der Waals surface area contributed by atoms with Gasteiger partial charge in [0.15, 0.2) is 0 Å². The molecule has 0 spiro atoms. The van der Waals surface area contributed by atoms with Crippen LogP contribution < -0.4 is 11.1 Å². The van der Waals surface area contributed by atoms with Crippen molar-refractivity contribution in [1.29, 1.82) is 0 Å². The molecule has 0 aromatic rings. The van der Waals surface area contributed by atoms with Crippen molar-refractivity contribution in [1.82, 2.24) is 5.32 Å². The summed E-state index contributed by atoms with van der Waals surface area (Å²) in [5.41, 5.74) is 4.82. The molecule has 0 aromatic carbocycles. The van der Waals surface area contributed by atoms with E-state index >= 15 is 0 Å². The van der Waals surface area contributed by atoms with Gasteiger partial charge in [0, 0.05) is 12.5 Å². The molecule has 5 nitrogen and oxygen atoms in total. The molecule has 6 heteroatoms. The largest absolute Gasteiger partial charge is 0.467 e. The summed E-state index contributed by atoms with van der Waals surface area (Å²) in [6, 6.07) is -0.00353. The van der Waals surface area contributed by atoms with E-state index in [2.05, 4.69) is 5.32 Å². The Labute approximate surface area is 121 Å². The van der Waals surface area contributed by atoms with Gasteiger partial charge in [-0.15, -0.1) is 12.4 Å². The SMILES string of the molecule is COC(=O)C1(NC(=O)CCC(C)N)CCCCC1.Cl. The predicted octanol–water partition coefficient (Wildman–Crippen LogP) is 1.53. The van der Waals surface area contributed by atoms with Gasteiger partial charge in [-0.1, -0.05) is 19.3 Å². The van der Waals surface area contributed by atoms with Crippen LogP contribution in [0, 0.1) is 0 Å². The lowest BCUT2D eigenvalue weighted by Crippen LogP contribution is -2.56. The highest BCUT2D eigenvalue weighted by Gasteiger charge is 2.41. The van der Waals surface area contributed by atoms with E-state index in [1.54, 1.807) is 0 Å². The molecule has 1 aliphatic carbocycles. The fourth-order valence-electron chi connectivity index (χ4n) is 2.42. The maximum absolute atomic E-state index is 11.9. The number of amides is 1. The van der Waals surface area contributed by atoms with E-state index in [0.717, 1.165) is 19.3 Å². The smallest absolute Gasteiger partial charge is 0.331 e. The first kappa shape index (κ1) is 18.2. The quantitative estimate of drug-likeness (QED) is 0.753. The number of rotatable bonds is 5. The van der Waals surface area contributed by atoms with E-state index in [9.17, 15) is 9.59 Å². The van der Waals surface area contributed by atoms with Crippen LogP contribution in [0.1, 0.15) is 51.9 Å². The molecule has 0 bridgehead atoms. The van der Waals surface area contributed by atoms with Gasteiger partial charge in [-0.25, -0.2) is 4.79 Å². The Bertz CT molecular complexity index is 302. The maximum atomic E-state index is 11.9. The molecule has 1 aliphatic rings. The fraction of sp³-hybridized carbons (Fsp3) is 0.846. The van der Waals surface area contributed by atoms with E-state index in [0.29, 0.717) is 25.7 Å². The van der Waals surface area contributed by atoms with E-state index in [1.165, 1.54) is 7.11 Å². The number of ether oxygens (including phenoxy) is 1. The van der Waals surface area contributed by atoms with Crippen molar-refractivity contribution in [3.05, 3.63) is 0 Å². The van der Waals surface area contributed by atoms with Crippen molar-refractivity contribution in [3.8, 4) is 0 Å². The lowest BCUT2D eigenvalue weighted by atomic mass is 9.81. The minimum absolute atomic E-state index is 0. The van der Waals surface area contributed by atoms with E-state index in [1.807, 2.05) is 6.92 Å². The molecule has 1 saturated carbocycles. The fourth-order valence-corrected chi connectivity index (χ4v) is 2.42. The summed E-state index contributed by atoms with van der Waals surface area (Å²) >= 11 is 0. The molecule has 19 heavy (non-hydrogen) atoms. The number of methoxy groups -OCH3 is 1. The third kappa shape index (κ3) is 5.37. The Morgan fingerprint density at radius 1 is 1.32 bits per heavy atom. The second-order valence-electron chi connectivity index (χ2n) is 5.20. The first-order valence-electron chi connectivity index (χ1n) is 6.65. The van der Waals surface area contributed by atoms with Gasteiger partial charge in [0.05, 0.1) is 7.11 Å². The van der Waals surface area contributed by atoms with Crippen molar-refractivity contribution in [2.75, 3.05) is 7.11 Å². The lowest BCUT2D eigenvalue weighted by molar-refractivity contribution is -0.152. The Morgan fingerprint density at radius 2 is 1.89 bits per heavy atom. The van der Waals surface area contributed by atoms with Crippen LogP contribution >= 0.6 is 12.4 Å². The summed E-state index contributed by atoms with van der Waals surface area (Å²) in [5, 5.41) is 2.87. The predicted molar refractivity (Wildman–Crippen MR) is 76.1 cm³/mol. The van der Waals surface area contributed by atoms with E-state index in [-0.39, 0.29) is 30.3 Å². The Kier molecular flexibility index (Phi) is 8.02. The first-order chi connectivity index (χ1) is 8.50. The molecule has 1 amide bonds. The second-order valence-corrected chi connectivity index (χ2v) is 5.20. The highest BCUT2D eigenvalue weighted by Crippen LogP contribution is 2.29. The molecule has 0 aromatic heterocycles. The van der Waals surface area contributed by atoms with Crippen LogP contribution in [0.4, 0.5) is 0 Å². The van der Waals surface area contributed by atoms with Crippen molar-refractivity contribution < 1.29 is 14.3 Å². The molecule has 0 aliphatic heterocycles. The molecule has 1 fully saturated rings. The van der Waals surface area contributed by atoms with Crippen LogP contribution in [0.2, 0.25) is 0 Å². The number of hydrogen-bond acceptors (Lipinski definition) is 4. The van der Waals surface area contributed by atoms with Crippen molar-refractivity contribution in [3.63, 3.8) is 0 Å².